The largest absolute Gasteiger partial charge is 0.859 e. The minimum absolute atomic E-state index is 0.0265. The monoisotopic (exact) mass is 392 g/mol. The minimum atomic E-state index is -0.844. The molecule has 0 fully saturated rings. The molecule has 1 aliphatic heterocycles. The van der Waals surface area contributed by atoms with E-state index in [0.717, 1.165) is 45.3 Å². The van der Waals surface area contributed by atoms with E-state index >= 15 is 0 Å². The third-order valence-corrected chi connectivity index (χ3v) is 5.45. The van der Waals surface area contributed by atoms with Gasteiger partial charge in [-0.25, -0.2) is 9.18 Å². The molecule has 1 aliphatic rings. The molecular weight excluding hydrogens is 375 g/mol. The van der Waals surface area contributed by atoms with Crippen molar-refractivity contribution in [2.45, 2.75) is 12.5 Å². The highest BCUT2D eigenvalue weighted by Gasteiger charge is 2.32. The third kappa shape index (κ3) is 2.68. The van der Waals surface area contributed by atoms with Crippen LogP contribution < -0.4 is 21.7 Å². The van der Waals surface area contributed by atoms with Gasteiger partial charge in [-0.15, -0.1) is 0 Å². The molecule has 2 aromatic heterocycles. The molecule has 5 rings (SSSR count). The zero-order valence-electron chi connectivity index (χ0n) is 15.2. The Balaban J connectivity index is 1.74. The number of H-pyrrole nitrogens is 2. The van der Waals surface area contributed by atoms with Gasteiger partial charge in [0.15, 0.2) is 6.04 Å². The molecule has 2 aromatic carbocycles. The highest BCUT2D eigenvalue weighted by molar-refractivity contribution is 5.85. The summed E-state index contributed by atoms with van der Waals surface area (Å²) in [6.45, 7) is 0.702. The number of nitrogens with zero attached hydrogens (tertiary/aromatic N) is 1. The molecule has 4 N–H and O–H groups in total. The van der Waals surface area contributed by atoms with Gasteiger partial charge in [0.05, 0.1) is 17.8 Å². The Morgan fingerprint density at radius 3 is 2.62 bits per heavy atom. The molecule has 0 radical (unpaired) electrons. The molecule has 0 saturated heterocycles. The first-order valence-corrected chi connectivity index (χ1v) is 9.29. The molecule has 0 spiro atoms. The van der Waals surface area contributed by atoms with Crippen LogP contribution in [-0.2, 0) is 6.42 Å². The lowest BCUT2D eigenvalue weighted by molar-refractivity contribution is -0.691. The van der Waals surface area contributed by atoms with Crippen LogP contribution in [0.25, 0.3) is 16.6 Å². The molecule has 146 valence electrons. The second-order valence-electron chi connectivity index (χ2n) is 7.10. The Labute approximate surface area is 163 Å². The van der Waals surface area contributed by atoms with Gasteiger partial charge in [0.25, 0.3) is 5.56 Å². The topological polar surface area (TPSA) is 110 Å². The van der Waals surface area contributed by atoms with Gasteiger partial charge in [0, 0.05) is 23.0 Å². The van der Waals surface area contributed by atoms with Crippen molar-refractivity contribution in [3.8, 4) is 11.6 Å². The van der Waals surface area contributed by atoms with Gasteiger partial charge in [-0.05, 0) is 41.8 Å². The first kappa shape index (κ1) is 17.4. The molecule has 0 amide bonds. The lowest BCUT2D eigenvalue weighted by Crippen LogP contribution is -2.88. The van der Waals surface area contributed by atoms with Crippen LogP contribution in [0.2, 0.25) is 0 Å². The highest BCUT2D eigenvalue weighted by Crippen LogP contribution is 2.31. The molecule has 29 heavy (non-hydrogen) atoms. The summed E-state index contributed by atoms with van der Waals surface area (Å²) < 4.78 is 14.1. The fourth-order valence-electron chi connectivity index (χ4n) is 4.16. The summed E-state index contributed by atoms with van der Waals surface area (Å²) in [5.74, 6) is -1.18. The molecule has 0 aliphatic carbocycles. The van der Waals surface area contributed by atoms with E-state index < -0.39 is 29.0 Å². The van der Waals surface area contributed by atoms with E-state index in [1.807, 2.05) is 29.6 Å². The van der Waals surface area contributed by atoms with Gasteiger partial charge in [0.1, 0.15) is 5.82 Å². The van der Waals surface area contributed by atoms with E-state index in [2.05, 4.69) is 9.97 Å². The van der Waals surface area contributed by atoms with Gasteiger partial charge >= 0.3 is 5.69 Å². The number of nitrogens with one attached hydrogen (secondary N) is 2. The van der Waals surface area contributed by atoms with Crippen molar-refractivity contribution in [1.29, 1.82) is 0 Å². The fourth-order valence-corrected chi connectivity index (χ4v) is 4.16. The Kier molecular flexibility index (Phi) is 3.88. The summed E-state index contributed by atoms with van der Waals surface area (Å²) in [5, 5.41) is 16.2. The first-order valence-electron chi connectivity index (χ1n) is 9.29. The molecular formula is C21H17FN4O3. The lowest BCUT2D eigenvalue weighted by atomic mass is 9.95. The number of rotatable bonds is 2. The summed E-state index contributed by atoms with van der Waals surface area (Å²) >= 11 is 0. The molecule has 0 bridgehead atoms. The minimum Gasteiger partial charge on any atom is -0.859 e. The standard InChI is InChI=1S/C21H17FN4O3/c22-11-5-7-12(8-6-11)26-20(28)16(19(27)25-21(26)29)18-17-14(9-10-23-18)13-3-1-2-4-15(13)24-17/h1-8,18,23-24,28H,9-10H2,(H,25,27,29). The predicted octanol–water partition coefficient (Wildman–Crippen LogP) is 0.429. The average Bonchev–Trinajstić information content (AvgIpc) is 3.09. The van der Waals surface area contributed by atoms with Crippen LogP contribution in [0.4, 0.5) is 4.39 Å². The number of benzene rings is 2. The van der Waals surface area contributed by atoms with Crippen molar-refractivity contribution in [1.82, 2.24) is 14.5 Å². The summed E-state index contributed by atoms with van der Waals surface area (Å²) in [6, 6.07) is 12.3. The van der Waals surface area contributed by atoms with Crippen molar-refractivity contribution < 1.29 is 14.8 Å². The third-order valence-electron chi connectivity index (χ3n) is 5.45. The normalized spacial score (nSPS) is 16.1. The smallest absolute Gasteiger partial charge is 0.332 e. The van der Waals surface area contributed by atoms with Gasteiger partial charge in [-0.3, -0.25) is 14.3 Å². The Morgan fingerprint density at radius 2 is 1.83 bits per heavy atom. The number of nitrogens with two attached hydrogens (primary N) is 1. The number of hydrogen-bond donors (Lipinski definition) is 3. The van der Waals surface area contributed by atoms with E-state index in [0.29, 0.717) is 6.54 Å². The molecule has 1 atom stereocenters. The molecule has 8 heteroatoms. The van der Waals surface area contributed by atoms with Crippen LogP contribution in [0.15, 0.2) is 58.1 Å². The van der Waals surface area contributed by atoms with E-state index in [9.17, 15) is 19.1 Å². The Bertz CT molecular complexity index is 1350. The predicted molar refractivity (Wildman–Crippen MR) is 103 cm³/mol. The average molecular weight is 392 g/mol. The van der Waals surface area contributed by atoms with Crippen molar-refractivity contribution in [3.05, 3.63) is 92.0 Å². The van der Waals surface area contributed by atoms with Crippen LogP contribution in [0.1, 0.15) is 22.9 Å². The Hall–Kier alpha value is -3.65. The summed E-state index contributed by atoms with van der Waals surface area (Å²) in [5.41, 5.74) is 1.44. The molecule has 3 heterocycles. The second-order valence-corrected chi connectivity index (χ2v) is 7.10. The highest BCUT2D eigenvalue weighted by atomic mass is 19.1. The maximum absolute atomic E-state index is 13.3. The molecule has 1 unspecified atom stereocenters. The number of aromatic amines is 2. The van der Waals surface area contributed by atoms with Crippen molar-refractivity contribution in [2.24, 2.45) is 0 Å². The SMILES string of the molecule is O=c1[nH]c(=O)n(-c2ccc(F)cc2)c([O-])c1C1[NH2+]CCc2c1[nH]c1ccccc21. The number of para-hydroxylation sites is 1. The van der Waals surface area contributed by atoms with E-state index in [-0.39, 0.29) is 11.3 Å². The number of hydrogen-bond acceptors (Lipinski definition) is 3. The number of quaternary nitrogens is 1. The molecule has 0 saturated carbocycles. The van der Waals surface area contributed by atoms with Gasteiger partial charge in [-0.2, -0.15) is 0 Å². The maximum atomic E-state index is 13.3. The van der Waals surface area contributed by atoms with Gasteiger partial charge < -0.3 is 15.4 Å². The Morgan fingerprint density at radius 1 is 1.07 bits per heavy atom. The van der Waals surface area contributed by atoms with Crippen LogP contribution in [0.5, 0.6) is 5.88 Å². The van der Waals surface area contributed by atoms with E-state index in [1.54, 1.807) is 0 Å². The quantitative estimate of drug-likeness (QED) is 0.460. The maximum Gasteiger partial charge on any atom is 0.332 e. The van der Waals surface area contributed by atoms with Crippen LogP contribution >= 0.6 is 0 Å². The van der Waals surface area contributed by atoms with Crippen LogP contribution in [0, 0.1) is 5.82 Å². The molecule has 4 aromatic rings. The van der Waals surface area contributed by atoms with E-state index in [1.165, 1.54) is 12.1 Å². The second kappa shape index (κ2) is 6.46. The zero-order chi connectivity index (χ0) is 20.1. The van der Waals surface area contributed by atoms with Gasteiger partial charge in [0.2, 0.25) is 0 Å². The molecule has 7 nitrogen and oxygen atoms in total. The van der Waals surface area contributed by atoms with Gasteiger partial charge in [-0.1, -0.05) is 18.2 Å². The van der Waals surface area contributed by atoms with Crippen molar-refractivity contribution >= 4 is 10.9 Å². The van der Waals surface area contributed by atoms with Crippen LogP contribution in [-0.4, -0.2) is 21.1 Å². The summed E-state index contributed by atoms with van der Waals surface area (Å²) in [7, 11) is 0. The lowest BCUT2D eigenvalue weighted by Gasteiger charge is -2.26. The summed E-state index contributed by atoms with van der Waals surface area (Å²) in [6.07, 6.45) is 0.805. The van der Waals surface area contributed by atoms with E-state index in [4.69, 9.17) is 0 Å². The summed E-state index contributed by atoms with van der Waals surface area (Å²) in [4.78, 5) is 30.6. The number of fused-ring (bicyclic) bond motifs is 3. The van der Waals surface area contributed by atoms with Crippen molar-refractivity contribution in [2.75, 3.05) is 6.54 Å². The fraction of sp³-hybridized carbons (Fsp3) is 0.143. The zero-order valence-corrected chi connectivity index (χ0v) is 15.2. The number of halogens is 1. The van der Waals surface area contributed by atoms with Crippen LogP contribution in [0.3, 0.4) is 0 Å². The first-order chi connectivity index (χ1) is 14.0. The van der Waals surface area contributed by atoms with Crippen molar-refractivity contribution in [3.63, 3.8) is 0 Å². The number of aromatic nitrogens is 3.